The number of thiophene rings is 1. The van der Waals surface area contributed by atoms with Gasteiger partial charge in [0.2, 0.25) is 5.91 Å². The second-order valence-corrected chi connectivity index (χ2v) is 10.6. The quantitative estimate of drug-likeness (QED) is 0.301. The van der Waals surface area contributed by atoms with Crippen LogP contribution in [0.4, 0.5) is 10.5 Å². The first-order chi connectivity index (χ1) is 17.4. The van der Waals surface area contributed by atoms with Crippen LogP contribution in [0.15, 0.2) is 71.1 Å². The molecule has 36 heavy (non-hydrogen) atoms. The molecule has 0 atom stereocenters. The minimum atomic E-state index is -0.338. The Morgan fingerprint density at radius 3 is 2.58 bits per heavy atom. The predicted octanol–water partition coefficient (Wildman–Crippen LogP) is 6.13. The number of para-hydroxylation sites is 1. The summed E-state index contributed by atoms with van der Waals surface area (Å²) in [5.41, 5.74) is 4.51. The SMILES string of the molecule is CCc1cccc2c(/C=C3\SC(=O)N(c4ccc(C)cc4)C3=O)cn(CC(=O)NCc3cccs3)c12. The second kappa shape index (κ2) is 10.2. The first kappa shape index (κ1) is 24.1. The van der Waals surface area contributed by atoms with E-state index in [2.05, 4.69) is 18.3 Å². The summed E-state index contributed by atoms with van der Waals surface area (Å²) < 4.78 is 1.94. The lowest BCUT2D eigenvalue weighted by Crippen LogP contribution is -2.27. The molecule has 1 fully saturated rings. The van der Waals surface area contributed by atoms with Crippen LogP contribution in [0.2, 0.25) is 0 Å². The number of anilines is 1. The molecule has 1 aliphatic rings. The fourth-order valence-corrected chi connectivity index (χ4v) is 5.80. The summed E-state index contributed by atoms with van der Waals surface area (Å²) in [5.74, 6) is -0.424. The minimum absolute atomic E-state index is 0.0857. The molecule has 1 aliphatic heterocycles. The van der Waals surface area contributed by atoms with Crippen LogP contribution in [0.3, 0.4) is 0 Å². The summed E-state index contributed by atoms with van der Waals surface area (Å²) in [7, 11) is 0. The van der Waals surface area contributed by atoms with Crippen LogP contribution in [0.1, 0.15) is 28.5 Å². The number of benzene rings is 2. The molecule has 5 rings (SSSR count). The molecule has 0 radical (unpaired) electrons. The number of nitrogens with zero attached hydrogens (tertiary/aromatic N) is 2. The number of imide groups is 1. The third-order valence-corrected chi connectivity index (χ3v) is 7.87. The molecule has 4 aromatic rings. The first-order valence-corrected chi connectivity index (χ1v) is 13.4. The van der Waals surface area contributed by atoms with Gasteiger partial charge in [0.05, 0.1) is 22.7 Å². The van der Waals surface area contributed by atoms with Crippen molar-refractivity contribution in [1.29, 1.82) is 0 Å². The smallest absolute Gasteiger partial charge is 0.298 e. The van der Waals surface area contributed by atoms with E-state index in [0.717, 1.165) is 50.7 Å². The van der Waals surface area contributed by atoms with Gasteiger partial charge in [-0.15, -0.1) is 11.3 Å². The van der Waals surface area contributed by atoms with E-state index < -0.39 is 0 Å². The number of thioether (sulfide) groups is 1. The van der Waals surface area contributed by atoms with Crippen molar-refractivity contribution >= 4 is 62.8 Å². The first-order valence-electron chi connectivity index (χ1n) is 11.7. The van der Waals surface area contributed by atoms with Crippen LogP contribution in [-0.2, 0) is 29.1 Å². The van der Waals surface area contributed by atoms with Gasteiger partial charge in [-0.1, -0.05) is 48.9 Å². The highest BCUT2D eigenvalue weighted by Crippen LogP contribution is 2.37. The molecular weight excluding hydrogens is 490 g/mol. The van der Waals surface area contributed by atoms with Gasteiger partial charge in [0.25, 0.3) is 11.1 Å². The zero-order chi connectivity index (χ0) is 25.2. The number of amides is 3. The van der Waals surface area contributed by atoms with Gasteiger partial charge in [-0.2, -0.15) is 0 Å². The van der Waals surface area contributed by atoms with Gasteiger partial charge in [-0.05, 0) is 60.3 Å². The largest absolute Gasteiger partial charge is 0.350 e. The van der Waals surface area contributed by atoms with Crippen molar-refractivity contribution in [2.24, 2.45) is 0 Å². The molecule has 3 amide bonds. The van der Waals surface area contributed by atoms with Gasteiger partial charge in [0.15, 0.2) is 0 Å². The third-order valence-electron chi connectivity index (χ3n) is 6.12. The monoisotopic (exact) mass is 515 g/mol. The van der Waals surface area contributed by atoms with E-state index in [1.165, 1.54) is 4.90 Å². The lowest BCUT2D eigenvalue weighted by Gasteiger charge is -2.12. The van der Waals surface area contributed by atoms with Gasteiger partial charge in [-0.3, -0.25) is 14.4 Å². The number of carbonyl (C=O) groups is 3. The molecular formula is C28H25N3O3S2. The van der Waals surface area contributed by atoms with Crippen molar-refractivity contribution < 1.29 is 14.4 Å². The zero-order valence-electron chi connectivity index (χ0n) is 20.0. The highest BCUT2D eigenvalue weighted by molar-refractivity contribution is 8.19. The number of aryl methyl sites for hydroxylation is 2. The van der Waals surface area contributed by atoms with E-state index >= 15 is 0 Å². The average Bonchev–Trinajstić information content (AvgIpc) is 3.58. The number of fused-ring (bicyclic) bond motifs is 1. The van der Waals surface area contributed by atoms with Crippen LogP contribution in [-0.4, -0.2) is 21.6 Å². The Hall–Kier alpha value is -3.62. The Labute approximate surface area is 217 Å². The van der Waals surface area contributed by atoms with E-state index in [1.807, 2.05) is 59.5 Å². The third kappa shape index (κ3) is 4.74. The molecule has 0 aliphatic carbocycles. The highest BCUT2D eigenvalue weighted by atomic mass is 32.2. The predicted molar refractivity (Wildman–Crippen MR) is 147 cm³/mol. The highest BCUT2D eigenvalue weighted by Gasteiger charge is 2.36. The lowest BCUT2D eigenvalue weighted by atomic mass is 10.1. The molecule has 1 saturated heterocycles. The Morgan fingerprint density at radius 1 is 1.06 bits per heavy atom. The summed E-state index contributed by atoms with van der Waals surface area (Å²) in [6.07, 6.45) is 4.47. The molecule has 0 unspecified atom stereocenters. The molecule has 3 heterocycles. The maximum atomic E-state index is 13.2. The van der Waals surface area contributed by atoms with Crippen LogP contribution in [0, 0.1) is 6.92 Å². The Bertz CT molecular complexity index is 1480. The Kier molecular flexibility index (Phi) is 6.80. The molecule has 2 aromatic heterocycles. The normalized spacial score (nSPS) is 14.8. The molecule has 2 aromatic carbocycles. The maximum Gasteiger partial charge on any atom is 0.298 e. The lowest BCUT2D eigenvalue weighted by molar-refractivity contribution is -0.121. The van der Waals surface area contributed by atoms with E-state index in [9.17, 15) is 14.4 Å². The summed E-state index contributed by atoms with van der Waals surface area (Å²) in [6.45, 7) is 4.70. The molecule has 182 valence electrons. The van der Waals surface area contributed by atoms with Crippen molar-refractivity contribution in [2.75, 3.05) is 4.90 Å². The van der Waals surface area contributed by atoms with Gasteiger partial charge in [0, 0.05) is 22.0 Å². The molecule has 0 bridgehead atoms. The number of rotatable bonds is 7. The maximum absolute atomic E-state index is 13.2. The Balaban J connectivity index is 1.46. The van der Waals surface area contributed by atoms with Crippen molar-refractivity contribution in [2.45, 2.75) is 33.4 Å². The molecule has 0 spiro atoms. The van der Waals surface area contributed by atoms with Gasteiger partial charge >= 0.3 is 0 Å². The summed E-state index contributed by atoms with van der Waals surface area (Å²) in [6, 6.07) is 17.3. The fraction of sp³-hybridized carbons (Fsp3) is 0.179. The van der Waals surface area contributed by atoms with Crippen LogP contribution in [0.25, 0.3) is 17.0 Å². The van der Waals surface area contributed by atoms with Gasteiger partial charge in [0.1, 0.15) is 6.54 Å². The van der Waals surface area contributed by atoms with Crippen molar-refractivity contribution in [3.8, 4) is 0 Å². The zero-order valence-corrected chi connectivity index (χ0v) is 21.6. The van der Waals surface area contributed by atoms with Crippen LogP contribution in [0.5, 0.6) is 0 Å². The van der Waals surface area contributed by atoms with E-state index in [4.69, 9.17) is 0 Å². The van der Waals surface area contributed by atoms with Gasteiger partial charge in [-0.25, -0.2) is 4.90 Å². The molecule has 8 heteroatoms. The minimum Gasteiger partial charge on any atom is -0.350 e. The summed E-state index contributed by atoms with van der Waals surface area (Å²) >= 11 is 2.54. The number of carbonyl (C=O) groups excluding carboxylic acids is 3. The topological polar surface area (TPSA) is 71.4 Å². The van der Waals surface area contributed by atoms with E-state index in [1.54, 1.807) is 29.5 Å². The fourth-order valence-electron chi connectivity index (χ4n) is 4.33. The average molecular weight is 516 g/mol. The van der Waals surface area contributed by atoms with Crippen molar-refractivity contribution in [3.63, 3.8) is 0 Å². The van der Waals surface area contributed by atoms with Crippen LogP contribution >= 0.6 is 23.1 Å². The van der Waals surface area contributed by atoms with Crippen molar-refractivity contribution in [1.82, 2.24) is 9.88 Å². The number of hydrogen-bond acceptors (Lipinski definition) is 5. The van der Waals surface area contributed by atoms with E-state index in [0.29, 0.717) is 17.1 Å². The summed E-state index contributed by atoms with van der Waals surface area (Å²) in [4.78, 5) is 41.4. The molecule has 0 saturated carbocycles. The number of hydrogen-bond donors (Lipinski definition) is 1. The Morgan fingerprint density at radius 2 is 1.86 bits per heavy atom. The van der Waals surface area contributed by atoms with Crippen molar-refractivity contribution in [3.05, 3.63) is 92.6 Å². The number of nitrogens with one attached hydrogen (secondary N) is 1. The molecule has 6 nitrogen and oxygen atoms in total. The van der Waals surface area contributed by atoms with Crippen LogP contribution < -0.4 is 10.2 Å². The number of aromatic nitrogens is 1. The van der Waals surface area contributed by atoms with Gasteiger partial charge < -0.3 is 9.88 Å². The summed E-state index contributed by atoms with van der Waals surface area (Å²) in [5, 5.41) is 5.60. The molecule has 1 N–H and O–H groups in total. The van der Waals surface area contributed by atoms with E-state index in [-0.39, 0.29) is 23.6 Å². The standard InChI is InChI=1S/C28H25N3O3S2/c1-3-19-6-4-8-23-20(16-30(26(19)23)17-25(32)29-15-22-7-5-13-35-22)14-24-27(33)31(28(34)36-24)21-11-9-18(2)10-12-21/h4-14,16H,3,15,17H2,1-2H3,(H,29,32)/b24-14-. The second-order valence-electron chi connectivity index (χ2n) is 8.59.